The predicted molar refractivity (Wildman–Crippen MR) is 94.1 cm³/mol. The van der Waals surface area contributed by atoms with Crippen LogP contribution in [0.15, 0.2) is 29.4 Å². The first-order chi connectivity index (χ1) is 11.1. The molecule has 0 saturated carbocycles. The molecule has 0 aliphatic rings. The summed E-state index contributed by atoms with van der Waals surface area (Å²) in [5, 5.41) is 22.0. The Morgan fingerprint density at radius 2 is 2.13 bits per heavy atom. The van der Waals surface area contributed by atoms with E-state index in [9.17, 15) is 5.11 Å². The van der Waals surface area contributed by atoms with E-state index in [0.717, 1.165) is 10.9 Å². The average molecular weight is 350 g/mol. The second kappa shape index (κ2) is 6.74. The van der Waals surface area contributed by atoms with Gasteiger partial charge in [-0.1, -0.05) is 41.6 Å². The molecule has 0 aliphatic heterocycles. The van der Waals surface area contributed by atoms with Crippen molar-refractivity contribution in [2.75, 3.05) is 18.1 Å². The molecule has 1 atom stereocenters. The van der Waals surface area contributed by atoms with Crippen molar-refractivity contribution in [3.63, 3.8) is 0 Å². The Hall–Kier alpha value is -1.83. The first-order valence-corrected chi connectivity index (χ1v) is 8.67. The van der Waals surface area contributed by atoms with Crippen molar-refractivity contribution in [1.29, 1.82) is 0 Å². The van der Waals surface area contributed by atoms with Crippen LogP contribution in [0.3, 0.4) is 0 Å². The van der Waals surface area contributed by atoms with Crippen LogP contribution < -0.4 is 5.32 Å². The summed E-state index contributed by atoms with van der Waals surface area (Å²) in [7, 11) is 0. The van der Waals surface area contributed by atoms with Crippen LogP contribution in [0.4, 0.5) is 5.82 Å². The van der Waals surface area contributed by atoms with Gasteiger partial charge < -0.3 is 10.4 Å². The number of nitrogens with zero attached hydrogens (tertiary/aromatic N) is 3. The van der Waals surface area contributed by atoms with E-state index in [-0.39, 0.29) is 0 Å². The lowest BCUT2D eigenvalue weighted by molar-refractivity contribution is 0.208. The van der Waals surface area contributed by atoms with Gasteiger partial charge in [-0.15, -0.1) is 0 Å². The minimum absolute atomic E-state index is 0.382. The maximum absolute atomic E-state index is 9.54. The molecule has 0 radical (unpaired) electrons. The van der Waals surface area contributed by atoms with E-state index in [2.05, 4.69) is 25.5 Å². The standard InChI is InChI=1S/C15H16ClN5OS/c1-8(22)7-17-13-11-12(9-5-3-4-6-10(9)16)20-21-14(11)19-15(18-13)23-2/h3-6,8,22H,7H2,1-2H3,(H2,17,18,19,20,21). The van der Waals surface area contributed by atoms with E-state index in [1.165, 1.54) is 11.8 Å². The number of fused-ring (bicyclic) bond motifs is 1. The zero-order valence-electron chi connectivity index (χ0n) is 12.7. The Bertz CT molecular complexity index is 836. The van der Waals surface area contributed by atoms with Gasteiger partial charge in [-0.05, 0) is 19.2 Å². The lowest BCUT2D eigenvalue weighted by atomic mass is 10.1. The second-order valence-electron chi connectivity index (χ2n) is 5.06. The highest BCUT2D eigenvalue weighted by Gasteiger charge is 2.18. The van der Waals surface area contributed by atoms with E-state index in [4.69, 9.17) is 11.6 Å². The van der Waals surface area contributed by atoms with E-state index in [1.54, 1.807) is 6.92 Å². The van der Waals surface area contributed by atoms with Crippen LogP contribution in [0.25, 0.3) is 22.3 Å². The van der Waals surface area contributed by atoms with Crippen molar-refractivity contribution in [3.8, 4) is 11.3 Å². The molecule has 2 aromatic heterocycles. The molecule has 120 valence electrons. The van der Waals surface area contributed by atoms with Crippen LogP contribution in [0.2, 0.25) is 5.02 Å². The molecule has 1 aromatic carbocycles. The maximum Gasteiger partial charge on any atom is 0.191 e. The summed E-state index contributed by atoms with van der Waals surface area (Å²) in [6, 6.07) is 7.49. The van der Waals surface area contributed by atoms with Crippen LogP contribution in [0, 0.1) is 0 Å². The number of nitrogens with one attached hydrogen (secondary N) is 2. The lowest BCUT2D eigenvalue weighted by Crippen LogP contribution is -2.16. The van der Waals surface area contributed by atoms with Crippen LogP contribution in [-0.2, 0) is 0 Å². The van der Waals surface area contributed by atoms with E-state index >= 15 is 0 Å². The summed E-state index contributed by atoms with van der Waals surface area (Å²) >= 11 is 7.74. The van der Waals surface area contributed by atoms with E-state index < -0.39 is 6.10 Å². The normalized spacial score (nSPS) is 12.5. The molecule has 3 N–H and O–H groups in total. The van der Waals surface area contributed by atoms with Crippen molar-refractivity contribution in [1.82, 2.24) is 20.2 Å². The zero-order chi connectivity index (χ0) is 16.4. The number of hydrogen-bond donors (Lipinski definition) is 3. The highest BCUT2D eigenvalue weighted by atomic mass is 35.5. The number of thioether (sulfide) groups is 1. The van der Waals surface area contributed by atoms with Crippen LogP contribution in [-0.4, -0.2) is 44.2 Å². The van der Waals surface area contributed by atoms with E-state index in [1.807, 2.05) is 30.5 Å². The van der Waals surface area contributed by atoms with Gasteiger partial charge in [0.25, 0.3) is 0 Å². The number of rotatable bonds is 5. The van der Waals surface area contributed by atoms with Crippen LogP contribution in [0.1, 0.15) is 6.92 Å². The minimum Gasteiger partial charge on any atom is -0.392 e. The molecule has 0 amide bonds. The summed E-state index contributed by atoms with van der Waals surface area (Å²) < 4.78 is 0. The maximum atomic E-state index is 9.54. The largest absolute Gasteiger partial charge is 0.392 e. The molecule has 0 aliphatic carbocycles. The van der Waals surface area contributed by atoms with Gasteiger partial charge in [0, 0.05) is 12.1 Å². The molecular formula is C15H16ClN5OS. The van der Waals surface area contributed by atoms with Gasteiger partial charge in [-0.3, -0.25) is 5.10 Å². The molecule has 8 heteroatoms. The topological polar surface area (TPSA) is 86.7 Å². The number of aromatic amines is 1. The highest BCUT2D eigenvalue weighted by Crippen LogP contribution is 2.34. The summed E-state index contributed by atoms with van der Waals surface area (Å²) in [4.78, 5) is 8.95. The van der Waals surface area contributed by atoms with Crippen molar-refractivity contribution in [2.24, 2.45) is 0 Å². The number of hydrogen-bond acceptors (Lipinski definition) is 6. The molecule has 3 rings (SSSR count). The van der Waals surface area contributed by atoms with Gasteiger partial charge in [0.2, 0.25) is 0 Å². The first-order valence-electron chi connectivity index (χ1n) is 7.07. The quantitative estimate of drug-likeness (QED) is 0.484. The molecule has 1 unspecified atom stereocenters. The van der Waals surface area contributed by atoms with Gasteiger partial charge in [0.05, 0.1) is 16.5 Å². The molecule has 0 bridgehead atoms. The number of H-pyrrole nitrogens is 1. The van der Waals surface area contributed by atoms with Crippen molar-refractivity contribution >= 4 is 40.2 Å². The fourth-order valence-corrected chi connectivity index (χ4v) is 2.81. The zero-order valence-corrected chi connectivity index (χ0v) is 14.2. The summed E-state index contributed by atoms with van der Waals surface area (Å²) in [6.07, 6.45) is 1.42. The molecule has 2 heterocycles. The third-order valence-corrected chi connectivity index (χ3v) is 4.15. The summed E-state index contributed by atoms with van der Waals surface area (Å²) in [5.74, 6) is 0.629. The summed E-state index contributed by atoms with van der Waals surface area (Å²) in [5.41, 5.74) is 2.12. The van der Waals surface area contributed by atoms with Gasteiger partial charge >= 0.3 is 0 Å². The van der Waals surface area contributed by atoms with E-state index in [0.29, 0.717) is 33.9 Å². The van der Waals surface area contributed by atoms with Crippen molar-refractivity contribution in [3.05, 3.63) is 29.3 Å². The fourth-order valence-electron chi connectivity index (χ4n) is 2.22. The lowest BCUT2D eigenvalue weighted by Gasteiger charge is -2.10. The number of benzene rings is 1. The van der Waals surface area contributed by atoms with Gasteiger partial charge in [-0.2, -0.15) is 5.10 Å². The molecule has 23 heavy (non-hydrogen) atoms. The van der Waals surface area contributed by atoms with Gasteiger partial charge in [0.15, 0.2) is 10.8 Å². The monoisotopic (exact) mass is 349 g/mol. The number of halogens is 1. The van der Waals surface area contributed by atoms with Crippen LogP contribution in [0.5, 0.6) is 0 Å². The average Bonchev–Trinajstić information content (AvgIpc) is 2.96. The molecule has 3 aromatic rings. The molecular weight excluding hydrogens is 334 g/mol. The van der Waals surface area contributed by atoms with Gasteiger partial charge in [0.1, 0.15) is 11.5 Å². The number of aliphatic hydroxyl groups excluding tert-OH is 1. The Morgan fingerprint density at radius 3 is 2.83 bits per heavy atom. The number of aliphatic hydroxyl groups is 1. The Morgan fingerprint density at radius 1 is 1.35 bits per heavy atom. The Labute approximate surface area is 142 Å². The predicted octanol–water partition coefficient (Wildman–Crippen LogP) is 3.19. The number of aromatic nitrogens is 4. The molecule has 6 nitrogen and oxygen atoms in total. The summed E-state index contributed by atoms with van der Waals surface area (Å²) in [6.45, 7) is 2.10. The minimum atomic E-state index is -0.492. The Balaban J connectivity index is 2.18. The molecule has 0 spiro atoms. The number of anilines is 1. The van der Waals surface area contributed by atoms with Crippen LogP contribution >= 0.6 is 23.4 Å². The van der Waals surface area contributed by atoms with Crippen molar-refractivity contribution < 1.29 is 5.11 Å². The molecule has 0 fully saturated rings. The third-order valence-electron chi connectivity index (χ3n) is 3.28. The molecule has 0 saturated heterocycles. The van der Waals surface area contributed by atoms with Crippen molar-refractivity contribution in [2.45, 2.75) is 18.2 Å². The fraction of sp³-hybridized carbons (Fsp3) is 0.267. The van der Waals surface area contributed by atoms with Gasteiger partial charge in [-0.25, -0.2) is 9.97 Å². The smallest absolute Gasteiger partial charge is 0.191 e. The third kappa shape index (κ3) is 3.26. The highest BCUT2D eigenvalue weighted by molar-refractivity contribution is 7.98. The SMILES string of the molecule is CSc1nc(NCC(C)O)c2c(-c3ccccc3Cl)n[nH]c2n1. The first kappa shape index (κ1) is 16.0. The second-order valence-corrected chi connectivity index (χ2v) is 6.25. The Kier molecular flexibility index (Phi) is 4.70.